The zero-order valence-electron chi connectivity index (χ0n) is 21.2. The summed E-state index contributed by atoms with van der Waals surface area (Å²) in [5, 5.41) is 5.04. The van der Waals surface area contributed by atoms with Gasteiger partial charge < -0.3 is 29.4 Å². The second kappa shape index (κ2) is 14.7. The number of unbranched alkanes of at least 4 members (excludes halogenated alkanes) is 1. The van der Waals surface area contributed by atoms with Gasteiger partial charge in [0.2, 0.25) is 0 Å². The summed E-state index contributed by atoms with van der Waals surface area (Å²) in [4.78, 5) is 36.1. The fraction of sp³-hybridized carbons (Fsp3) is 0.609. The molecule has 1 aromatic carbocycles. The van der Waals surface area contributed by atoms with Gasteiger partial charge >= 0.3 is 25.8 Å². The van der Waals surface area contributed by atoms with E-state index in [0.29, 0.717) is 19.4 Å². The maximum Gasteiger partial charge on any atom is 0.408 e. The summed E-state index contributed by atoms with van der Waals surface area (Å²) in [6.45, 7) is 7.05. The number of carbonyl (C=O) groups excluding carboxylic acids is 3. The minimum atomic E-state index is -3.96. The van der Waals surface area contributed by atoms with Crippen LogP contribution >= 0.6 is 7.60 Å². The number of amides is 2. The van der Waals surface area contributed by atoms with Crippen molar-refractivity contribution < 1.29 is 42.2 Å². The highest BCUT2D eigenvalue weighted by Crippen LogP contribution is 2.52. The summed E-state index contributed by atoms with van der Waals surface area (Å²) < 4.78 is 38.9. The first-order valence-corrected chi connectivity index (χ1v) is 12.9. The molecule has 0 fully saturated rings. The smallest absolute Gasteiger partial charge is 0.408 e. The van der Waals surface area contributed by atoms with E-state index in [1.54, 1.807) is 32.9 Å². The van der Waals surface area contributed by atoms with E-state index in [4.69, 9.17) is 23.3 Å². The molecule has 11 nitrogen and oxygen atoms in total. The molecule has 1 aromatic rings. The number of hydrogen-bond donors (Lipinski definition) is 2. The first kappa shape index (κ1) is 30.4. The molecule has 2 amide bonds. The molecule has 0 aromatic heterocycles. The van der Waals surface area contributed by atoms with Crippen LogP contribution in [0.4, 0.5) is 9.59 Å². The Kier molecular flexibility index (Phi) is 12.8. The minimum absolute atomic E-state index is 0.0274. The van der Waals surface area contributed by atoms with E-state index in [-0.39, 0.29) is 13.0 Å². The summed E-state index contributed by atoms with van der Waals surface area (Å²) in [6, 6.07) is 9.06. The van der Waals surface area contributed by atoms with Crippen LogP contribution in [0.1, 0.15) is 52.5 Å². The molecule has 12 heteroatoms. The molecule has 0 aliphatic rings. The standard InChI is InChI=1S/C23H37N2O9P/c1-17(25-22(28)32-16-18-12-8-7-9-13-18)35(29,31-6)34-19(20(26)30-5)14-10-11-15-24-21(27)33-23(2,3)4/h7-9,12-13,17,19H,10-11,14-16H2,1-6H3,(H,24,27)(H,25,28)/t17-,19+,35?/m1/s1. The molecule has 0 spiro atoms. The molecule has 0 saturated carbocycles. The molecule has 0 radical (unpaired) electrons. The largest absolute Gasteiger partial charge is 0.467 e. The van der Waals surface area contributed by atoms with Crippen molar-refractivity contribution >= 4 is 25.8 Å². The Morgan fingerprint density at radius 3 is 2.26 bits per heavy atom. The van der Waals surface area contributed by atoms with E-state index in [2.05, 4.69) is 10.6 Å². The van der Waals surface area contributed by atoms with Gasteiger partial charge in [0.25, 0.3) is 0 Å². The highest BCUT2D eigenvalue weighted by Gasteiger charge is 2.38. The fourth-order valence-corrected chi connectivity index (χ4v) is 4.18. The Labute approximate surface area is 206 Å². The first-order valence-electron chi connectivity index (χ1n) is 11.3. The van der Waals surface area contributed by atoms with Crippen LogP contribution in [-0.2, 0) is 39.2 Å². The topological polar surface area (TPSA) is 138 Å². The third kappa shape index (κ3) is 12.1. The second-order valence-electron chi connectivity index (χ2n) is 8.65. The maximum absolute atomic E-state index is 13.2. The number of rotatable bonds is 13. The lowest BCUT2D eigenvalue weighted by atomic mass is 10.1. The van der Waals surface area contributed by atoms with Crippen LogP contribution in [0, 0.1) is 0 Å². The van der Waals surface area contributed by atoms with Gasteiger partial charge in [0.05, 0.1) is 7.11 Å². The molecule has 198 valence electrons. The average molecular weight is 517 g/mol. The van der Waals surface area contributed by atoms with Gasteiger partial charge in [0, 0.05) is 13.7 Å². The molecule has 1 rings (SSSR count). The van der Waals surface area contributed by atoms with Crippen LogP contribution in [0.2, 0.25) is 0 Å². The van der Waals surface area contributed by atoms with E-state index in [1.165, 1.54) is 14.0 Å². The van der Waals surface area contributed by atoms with Gasteiger partial charge in [0.15, 0.2) is 6.10 Å². The lowest BCUT2D eigenvalue weighted by Crippen LogP contribution is -2.36. The van der Waals surface area contributed by atoms with Gasteiger partial charge in [0.1, 0.15) is 18.0 Å². The number of ether oxygens (including phenoxy) is 3. The highest BCUT2D eigenvalue weighted by molar-refractivity contribution is 7.54. The fourth-order valence-electron chi connectivity index (χ4n) is 2.79. The van der Waals surface area contributed by atoms with Crippen molar-refractivity contribution in [1.29, 1.82) is 0 Å². The summed E-state index contributed by atoms with van der Waals surface area (Å²) in [5.41, 5.74) is 0.182. The number of nitrogens with one attached hydrogen (secondary N) is 2. The average Bonchev–Trinajstić information content (AvgIpc) is 2.80. The summed E-state index contributed by atoms with van der Waals surface area (Å²) >= 11 is 0. The summed E-state index contributed by atoms with van der Waals surface area (Å²) in [7, 11) is -1.62. The SMILES string of the molecule is COC(=O)[C@H](CCCCNC(=O)OC(C)(C)C)OP(=O)(OC)[C@H](C)NC(=O)OCc1ccccc1. The van der Waals surface area contributed by atoms with Crippen molar-refractivity contribution in [2.75, 3.05) is 20.8 Å². The van der Waals surface area contributed by atoms with E-state index in [1.807, 2.05) is 18.2 Å². The Balaban J connectivity index is 2.59. The monoisotopic (exact) mass is 516 g/mol. The zero-order chi connectivity index (χ0) is 26.5. The number of carbonyl (C=O) groups is 3. The lowest BCUT2D eigenvalue weighted by Gasteiger charge is -2.26. The van der Waals surface area contributed by atoms with E-state index in [9.17, 15) is 18.9 Å². The lowest BCUT2D eigenvalue weighted by molar-refractivity contribution is -0.149. The number of hydrogen-bond acceptors (Lipinski definition) is 9. The van der Waals surface area contributed by atoms with Crippen molar-refractivity contribution in [1.82, 2.24) is 10.6 Å². The van der Waals surface area contributed by atoms with E-state index < -0.39 is 43.2 Å². The van der Waals surface area contributed by atoms with Crippen molar-refractivity contribution in [2.45, 2.75) is 71.1 Å². The molecule has 3 atom stereocenters. The molecule has 0 aliphatic heterocycles. The predicted molar refractivity (Wildman–Crippen MR) is 129 cm³/mol. The van der Waals surface area contributed by atoms with Crippen LogP contribution in [0.25, 0.3) is 0 Å². The predicted octanol–water partition coefficient (Wildman–Crippen LogP) is 4.35. The second-order valence-corrected chi connectivity index (χ2v) is 11.1. The first-order chi connectivity index (χ1) is 16.4. The molecule has 1 unspecified atom stereocenters. The summed E-state index contributed by atoms with van der Waals surface area (Å²) in [5.74, 6) is -1.84. The molecule has 0 heterocycles. The van der Waals surface area contributed by atoms with Crippen molar-refractivity contribution in [3.05, 3.63) is 35.9 Å². The Hall–Kier alpha value is -2.62. The molecular formula is C23H37N2O9P. The number of esters is 1. The highest BCUT2D eigenvalue weighted by atomic mass is 31.2. The third-order valence-corrected chi connectivity index (χ3v) is 6.70. The Bertz CT molecular complexity index is 858. The maximum atomic E-state index is 13.2. The van der Waals surface area contributed by atoms with Gasteiger partial charge in [-0.2, -0.15) is 0 Å². The van der Waals surface area contributed by atoms with Crippen LogP contribution in [0.5, 0.6) is 0 Å². The normalized spacial score (nSPS) is 14.7. The van der Waals surface area contributed by atoms with Gasteiger partial charge in [-0.05, 0) is 52.5 Å². The molecule has 2 N–H and O–H groups in total. The van der Waals surface area contributed by atoms with Crippen LogP contribution < -0.4 is 10.6 Å². The van der Waals surface area contributed by atoms with Crippen molar-refractivity contribution in [2.24, 2.45) is 0 Å². The third-order valence-electron chi connectivity index (χ3n) is 4.57. The molecule has 35 heavy (non-hydrogen) atoms. The number of alkyl carbamates (subject to hydrolysis) is 2. The van der Waals surface area contributed by atoms with Gasteiger partial charge in [-0.25, -0.2) is 14.4 Å². The Morgan fingerprint density at radius 1 is 1.03 bits per heavy atom. The van der Waals surface area contributed by atoms with Gasteiger partial charge in [-0.15, -0.1) is 0 Å². The molecular weight excluding hydrogens is 479 g/mol. The van der Waals surface area contributed by atoms with Crippen molar-refractivity contribution in [3.63, 3.8) is 0 Å². The molecule has 0 aliphatic carbocycles. The quantitative estimate of drug-likeness (QED) is 0.169. The van der Waals surface area contributed by atoms with Crippen LogP contribution in [0.15, 0.2) is 30.3 Å². The number of benzene rings is 1. The Morgan fingerprint density at radius 2 is 1.69 bits per heavy atom. The zero-order valence-corrected chi connectivity index (χ0v) is 22.1. The number of methoxy groups -OCH3 is 1. The van der Waals surface area contributed by atoms with Crippen LogP contribution in [0.3, 0.4) is 0 Å². The molecule has 0 bridgehead atoms. The molecule has 0 saturated heterocycles. The van der Waals surface area contributed by atoms with E-state index >= 15 is 0 Å². The minimum Gasteiger partial charge on any atom is -0.467 e. The van der Waals surface area contributed by atoms with Crippen molar-refractivity contribution in [3.8, 4) is 0 Å². The van der Waals surface area contributed by atoms with Gasteiger partial charge in [-0.1, -0.05) is 30.3 Å². The van der Waals surface area contributed by atoms with Gasteiger partial charge in [-0.3, -0.25) is 9.09 Å². The van der Waals surface area contributed by atoms with Crippen LogP contribution in [-0.4, -0.2) is 56.4 Å². The summed E-state index contributed by atoms with van der Waals surface area (Å²) in [6.07, 6.45) is -1.45. The van der Waals surface area contributed by atoms with E-state index in [0.717, 1.165) is 12.7 Å².